The van der Waals surface area contributed by atoms with Gasteiger partial charge in [0.1, 0.15) is 17.9 Å². The maximum atomic E-state index is 11.2. The van der Waals surface area contributed by atoms with Gasteiger partial charge >= 0.3 is 5.97 Å². The van der Waals surface area contributed by atoms with Crippen LogP contribution in [0.2, 0.25) is 0 Å². The number of hydrogen-bond donors (Lipinski definition) is 1. The molecule has 18 heavy (non-hydrogen) atoms. The maximum Gasteiger partial charge on any atom is 0.339 e. The van der Waals surface area contributed by atoms with Gasteiger partial charge in [-0.2, -0.15) is 0 Å². The van der Waals surface area contributed by atoms with E-state index in [2.05, 4.69) is 0 Å². The number of carboxylic acids is 1. The van der Waals surface area contributed by atoms with E-state index in [1.165, 1.54) is 0 Å². The normalized spacial score (nSPS) is 10.1. The van der Waals surface area contributed by atoms with Crippen LogP contribution < -0.4 is 4.74 Å². The third-order valence-corrected chi connectivity index (χ3v) is 2.69. The van der Waals surface area contributed by atoms with Crippen molar-refractivity contribution in [2.75, 3.05) is 0 Å². The summed E-state index contributed by atoms with van der Waals surface area (Å²) in [5, 5.41) is 9.16. The van der Waals surface area contributed by atoms with Crippen molar-refractivity contribution in [3.05, 3.63) is 65.2 Å². The Balaban J connectivity index is 2.20. The van der Waals surface area contributed by atoms with E-state index in [1.54, 1.807) is 25.1 Å². The molecule has 1 N–H and O–H groups in total. The fraction of sp³-hybridized carbons (Fsp3) is 0.133. The van der Waals surface area contributed by atoms with Gasteiger partial charge in [-0.25, -0.2) is 4.79 Å². The molecule has 0 aromatic heterocycles. The average Bonchev–Trinajstić information content (AvgIpc) is 2.37. The number of aryl methyl sites for hydroxylation is 1. The van der Waals surface area contributed by atoms with Crippen molar-refractivity contribution in [2.45, 2.75) is 13.5 Å². The molecule has 3 nitrogen and oxygen atoms in total. The van der Waals surface area contributed by atoms with Crippen LogP contribution in [0.25, 0.3) is 0 Å². The predicted octanol–water partition coefficient (Wildman–Crippen LogP) is 3.27. The second kappa shape index (κ2) is 5.36. The number of aromatic carboxylic acids is 1. The fourth-order valence-corrected chi connectivity index (χ4v) is 1.77. The van der Waals surface area contributed by atoms with Gasteiger partial charge in [-0.05, 0) is 24.1 Å². The summed E-state index contributed by atoms with van der Waals surface area (Å²) in [5.74, 6) is -0.553. The highest BCUT2D eigenvalue weighted by molar-refractivity contribution is 5.92. The van der Waals surface area contributed by atoms with Crippen LogP contribution in [0.4, 0.5) is 0 Å². The first-order valence-electron chi connectivity index (χ1n) is 5.68. The van der Waals surface area contributed by atoms with E-state index in [9.17, 15) is 4.79 Å². The summed E-state index contributed by atoms with van der Waals surface area (Å²) < 4.78 is 5.58. The minimum Gasteiger partial charge on any atom is -0.488 e. The third-order valence-electron chi connectivity index (χ3n) is 2.69. The largest absolute Gasteiger partial charge is 0.488 e. The van der Waals surface area contributed by atoms with Gasteiger partial charge in [0.2, 0.25) is 0 Å². The molecule has 0 radical (unpaired) electrons. The van der Waals surface area contributed by atoms with Gasteiger partial charge in [0.15, 0.2) is 0 Å². The molecule has 0 unspecified atom stereocenters. The lowest BCUT2D eigenvalue weighted by Gasteiger charge is -2.10. The Morgan fingerprint density at radius 1 is 1.11 bits per heavy atom. The highest BCUT2D eigenvalue weighted by Gasteiger charge is 2.13. The second-order valence-electron chi connectivity index (χ2n) is 4.03. The van der Waals surface area contributed by atoms with Crippen molar-refractivity contribution in [1.82, 2.24) is 0 Å². The number of carbonyl (C=O) groups is 1. The van der Waals surface area contributed by atoms with Crippen LogP contribution in [0, 0.1) is 6.92 Å². The molecule has 0 saturated carbocycles. The molecule has 0 amide bonds. The lowest BCUT2D eigenvalue weighted by molar-refractivity contribution is 0.0691. The number of rotatable bonds is 4. The molecule has 0 aliphatic carbocycles. The number of ether oxygens (including phenoxy) is 1. The van der Waals surface area contributed by atoms with E-state index < -0.39 is 5.97 Å². The standard InChI is InChI=1S/C15H14O3/c1-11-6-5-9-13(14(11)15(16)17)18-10-12-7-3-2-4-8-12/h2-9H,10H2,1H3,(H,16,17). The molecule has 92 valence electrons. The van der Waals surface area contributed by atoms with Crippen molar-refractivity contribution in [1.29, 1.82) is 0 Å². The first-order valence-corrected chi connectivity index (χ1v) is 5.68. The van der Waals surface area contributed by atoms with Gasteiger partial charge in [-0.1, -0.05) is 42.5 Å². The Hall–Kier alpha value is -2.29. The van der Waals surface area contributed by atoms with Crippen molar-refractivity contribution < 1.29 is 14.6 Å². The van der Waals surface area contributed by atoms with E-state index in [-0.39, 0.29) is 5.56 Å². The molecule has 2 aromatic carbocycles. The summed E-state index contributed by atoms with van der Waals surface area (Å²) in [6, 6.07) is 14.9. The van der Waals surface area contributed by atoms with Crippen molar-refractivity contribution >= 4 is 5.97 Å². The molecule has 0 saturated heterocycles. The third kappa shape index (κ3) is 2.69. The summed E-state index contributed by atoms with van der Waals surface area (Å²) in [5.41, 5.74) is 1.94. The van der Waals surface area contributed by atoms with Crippen molar-refractivity contribution in [2.24, 2.45) is 0 Å². The molecule has 0 aliphatic rings. The van der Waals surface area contributed by atoms with E-state index in [4.69, 9.17) is 9.84 Å². The van der Waals surface area contributed by atoms with Crippen LogP contribution in [0.1, 0.15) is 21.5 Å². The van der Waals surface area contributed by atoms with Crippen LogP contribution >= 0.6 is 0 Å². The molecule has 0 bridgehead atoms. The molecule has 0 atom stereocenters. The summed E-state index contributed by atoms with van der Waals surface area (Å²) in [7, 11) is 0. The van der Waals surface area contributed by atoms with Gasteiger partial charge in [-0.15, -0.1) is 0 Å². The Kier molecular flexibility index (Phi) is 3.63. The molecular formula is C15H14O3. The summed E-state index contributed by atoms with van der Waals surface area (Å²) >= 11 is 0. The topological polar surface area (TPSA) is 46.5 Å². The van der Waals surface area contributed by atoms with Crippen LogP contribution in [-0.2, 0) is 6.61 Å². The Bertz CT molecular complexity index is 547. The van der Waals surface area contributed by atoms with Crippen molar-refractivity contribution in [3.8, 4) is 5.75 Å². The van der Waals surface area contributed by atoms with Crippen LogP contribution in [-0.4, -0.2) is 11.1 Å². The van der Waals surface area contributed by atoms with Gasteiger partial charge in [0, 0.05) is 0 Å². The quantitative estimate of drug-likeness (QED) is 0.895. The Morgan fingerprint density at radius 3 is 2.50 bits per heavy atom. The zero-order chi connectivity index (χ0) is 13.0. The molecule has 3 heteroatoms. The smallest absolute Gasteiger partial charge is 0.339 e. The van der Waals surface area contributed by atoms with Gasteiger partial charge in [0.25, 0.3) is 0 Å². The summed E-state index contributed by atoms with van der Waals surface area (Å²) in [6.07, 6.45) is 0. The first kappa shape index (κ1) is 12.2. The van der Waals surface area contributed by atoms with Gasteiger partial charge in [0.05, 0.1) is 0 Å². The molecular weight excluding hydrogens is 228 g/mol. The van der Waals surface area contributed by atoms with E-state index in [0.717, 1.165) is 5.56 Å². The molecule has 0 spiro atoms. The second-order valence-corrected chi connectivity index (χ2v) is 4.03. The monoisotopic (exact) mass is 242 g/mol. The first-order chi connectivity index (χ1) is 8.68. The lowest BCUT2D eigenvalue weighted by atomic mass is 10.1. The number of benzene rings is 2. The zero-order valence-electron chi connectivity index (χ0n) is 10.1. The predicted molar refractivity (Wildman–Crippen MR) is 68.9 cm³/mol. The minimum atomic E-state index is -0.962. The molecule has 2 rings (SSSR count). The SMILES string of the molecule is Cc1cccc(OCc2ccccc2)c1C(=O)O. The number of hydrogen-bond acceptors (Lipinski definition) is 2. The highest BCUT2D eigenvalue weighted by atomic mass is 16.5. The van der Waals surface area contributed by atoms with Gasteiger partial charge < -0.3 is 9.84 Å². The van der Waals surface area contributed by atoms with Gasteiger partial charge in [-0.3, -0.25) is 0 Å². The Morgan fingerprint density at radius 2 is 1.83 bits per heavy atom. The average molecular weight is 242 g/mol. The maximum absolute atomic E-state index is 11.2. The number of carboxylic acid groups (broad SMARTS) is 1. The lowest BCUT2D eigenvalue weighted by Crippen LogP contribution is -2.05. The molecule has 0 fully saturated rings. The fourth-order valence-electron chi connectivity index (χ4n) is 1.77. The highest BCUT2D eigenvalue weighted by Crippen LogP contribution is 2.22. The van der Waals surface area contributed by atoms with Crippen LogP contribution in [0.15, 0.2) is 48.5 Å². The minimum absolute atomic E-state index is 0.230. The van der Waals surface area contributed by atoms with Crippen LogP contribution in [0.5, 0.6) is 5.75 Å². The van der Waals surface area contributed by atoms with E-state index >= 15 is 0 Å². The zero-order valence-corrected chi connectivity index (χ0v) is 10.1. The molecule has 2 aromatic rings. The molecule has 0 heterocycles. The van der Waals surface area contributed by atoms with Crippen LogP contribution in [0.3, 0.4) is 0 Å². The molecule has 0 aliphatic heterocycles. The summed E-state index contributed by atoms with van der Waals surface area (Å²) in [6.45, 7) is 2.13. The van der Waals surface area contributed by atoms with E-state index in [1.807, 2.05) is 30.3 Å². The van der Waals surface area contributed by atoms with Crippen molar-refractivity contribution in [3.63, 3.8) is 0 Å². The Labute approximate surface area is 106 Å². The van der Waals surface area contributed by atoms with E-state index in [0.29, 0.717) is 17.9 Å². The summed E-state index contributed by atoms with van der Waals surface area (Å²) in [4.78, 5) is 11.2.